The van der Waals surface area contributed by atoms with E-state index in [-0.39, 0.29) is 6.04 Å². The van der Waals surface area contributed by atoms with Crippen LogP contribution in [0.25, 0.3) is 0 Å². The molecule has 1 atom stereocenters. The number of ether oxygens (including phenoxy) is 1. The Labute approximate surface area is 103 Å². The molecule has 0 aliphatic carbocycles. The SMILES string of the molecule is CCCNS(=O)(=O)N1CCN2CCOCC2C1. The van der Waals surface area contributed by atoms with E-state index in [0.717, 1.165) is 26.1 Å². The highest BCUT2D eigenvalue weighted by Crippen LogP contribution is 2.15. The molecule has 6 nitrogen and oxygen atoms in total. The fourth-order valence-electron chi connectivity index (χ4n) is 2.26. The summed E-state index contributed by atoms with van der Waals surface area (Å²) in [5.41, 5.74) is 0. The Hall–Kier alpha value is -0.210. The summed E-state index contributed by atoms with van der Waals surface area (Å²) in [6.45, 7) is 6.70. The van der Waals surface area contributed by atoms with Crippen LogP contribution in [0, 0.1) is 0 Å². The fraction of sp³-hybridized carbons (Fsp3) is 1.00. The highest BCUT2D eigenvalue weighted by atomic mass is 32.2. The van der Waals surface area contributed by atoms with Gasteiger partial charge in [-0.25, -0.2) is 4.72 Å². The van der Waals surface area contributed by atoms with Gasteiger partial charge < -0.3 is 4.74 Å². The Morgan fingerprint density at radius 2 is 2.18 bits per heavy atom. The average molecular weight is 263 g/mol. The second-order valence-electron chi connectivity index (χ2n) is 4.52. The van der Waals surface area contributed by atoms with Crippen LogP contribution in [-0.2, 0) is 14.9 Å². The summed E-state index contributed by atoms with van der Waals surface area (Å²) in [7, 11) is -3.29. The smallest absolute Gasteiger partial charge is 0.279 e. The molecular weight excluding hydrogens is 242 g/mol. The van der Waals surface area contributed by atoms with Crippen molar-refractivity contribution in [2.75, 3.05) is 45.9 Å². The zero-order valence-electron chi connectivity index (χ0n) is 10.3. The second-order valence-corrected chi connectivity index (χ2v) is 6.28. The van der Waals surface area contributed by atoms with Crippen LogP contribution >= 0.6 is 0 Å². The van der Waals surface area contributed by atoms with Gasteiger partial charge in [0.2, 0.25) is 0 Å². The number of piperazine rings is 1. The standard InChI is InChI=1S/C10H21N3O3S/c1-2-3-11-17(14,15)13-5-4-12-6-7-16-9-10(12)8-13/h10-11H,2-9H2,1H3. The Morgan fingerprint density at radius 3 is 2.94 bits per heavy atom. The zero-order valence-corrected chi connectivity index (χ0v) is 11.1. The normalized spacial score (nSPS) is 27.9. The monoisotopic (exact) mass is 263 g/mol. The number of fused-ring (bicyclic) bond motifs is 1. The van der Waals surface area contributed by atoms with E-state index < -0.39 is 10.2 Å². The molecule has 0 spiro atoms. The maximum atomic E-state index is 12.0. The molecule has 0 bridgehead atoms. The number of nitrogens with zero attached hydrogens (tertiary/aromatic N) is 2. The van der Waals surface area contributed by atoms with Gasteiger partial charge in [-0.3, -0.25) is 4.90 Å². The average Bonchev–Trinajstić information content (AvgIpc) is 2.36. The predicted molar refractivity (Wildman–Crippen MR) is 65.0 cm³/mol. The van der Waals surface area contributed by atoms with Gasteiger partial charge in [0.15, 0.2) is 0 Å². The first-order valence-corrected chi connectivity index (χ1v) is 7.64. The highest BCUT2D eigenvalue weighted by molar-refractivity contribution is 7.87. The van der Waals surface area contributed by atoms with Crippen LogP contribution in [0.2, 0.25) is 0 Å². The summed E-state index contributed by atoms with van der Waals surface area (Å²) in [4.78, 5) is 2.31. The summed E-state index contributed by atoms with van der Waals surface area (Å²) in [5, 5.41) is 0. The summed E-state index contributed by atoms with van der Waals surface area (Å²) < 4.78 is 33.5. The van der Waals surface area contributed by atoms with E-state index in [2.05, 4.69) is 9.62 Å². The molecule has 100 valence electrons. The van der Waals surface area contributed by atoms with Crippen molar-refractivity contribution in [1.82, 2.24) is 13.9 Å². The third-order valence-electron chi connectivity index (χ3n) is 3.27. The van der Waals surface area contributed by atoms with Crippen LogP contribution in [0.1, 0.15) is 13.3 Å². The lowest BCUT2D eigenvalue weighted by Gasteiger charge is -2.42. The Balaban J connectivity index is 1.94. The van der Waals surface area contributed by atoms with Crippen molar-refractivity contribution >= 4 is 10.2 Å². The molecule has 17 heavy (non-hydrogen) atoms. The Bertz CT molecular complexity index is 347. The molecule has 0 saturated carbocycles. The third-order valence-corrected chi connectivity index (χ3v) is 4.86. The first kappa shape index (κ1) is 13.2. The van der Waals surface area contributed by atoms with E-state index in [1.807, 2.05) is 6.92 Å². The highest BCUT2D eigenvalue weighted by Gasteiger charge is 2.34. The molecule has 7 heteroatoms. The second kappa shape index (κ2) is 5.62. The summed E-state index contributed by atoms with van der Waals surface area (Å²) in [6.07, 6.45) is 0.811. The number of hydrogen-bond donors (Lipinski definition) is 1. The van der Waals surface area contributed by atoms with Crippen LogP contribution in [0.5, 0.6) is 0 Å². The summed E-state index contributed by atoms with van der Waals surface area (Å²) >= 11 is 0. The van der Waals surface area contributed by atoms with Crippen LogP contribution in [0.3, 0.4) is 0 Å². The van der Waals surface area contributed by atoms with Crippen molar-refractivity contribution in [2.45, 2.75) is 19.4 Å². The van der Waals surface area contributed by atoms with Gasteiger partial charge in [0.25, 0.3) is 10.2 Å². The van der Waals surface area contributed by atoms with Gasteiger partial charge in [-0.05, 0) is 6.42 Å². The van der Waals surface area contributed by atoms with Gasteiger partial charge in [-0.1, -0.05) is 6.92 Å². The van der Waals surface area contributed by atoms with Crippen LogP contribution < -0.4 is 4.72 Å². The third kappa shape index (κ3) is 3.17. The lowest BCUT2D eigenvalue weighted by molar-refractivity contribution is -0.0306. The minimum Gasteiger partial charge on any atom is -0.378 e. The number of rotatable bonds is 4. The van der Waals surface area contributed by atoms with Gasteiger partial charge in [-0.15, -0.1) is 0 Å². The molecule has 2 rings (SSSR count). The van der Waals surface area contributed by atoms with E-state index in [1.165, 1.54) is 0 Å². The molecule has 0 aromatic heterocycles. The van der Waals surface area contributed by atoms with Crippen molar-refractivity contribution in [3.8, 4) is 0 Å². The van der Waals surface area contributed by atoms with Gasteiger partial charge >= 0.3 is 0 Å². The van der Waals surface area contributed by atoms with Gasteiger partial charge in [0.05, 0.1) is 13.2 Å². The molecule has 2 aliphatic rings. The molecule has 2 saturated heterocycles. The molecular formula is C10H21N3O3S. The molecule has 1 N–H and O–H groups in total. The lowest BCUT2D eigenvalue weighted by Crippen LogP contribution is -2.60. The van der Waals surface area contributed by atoms with Crippen molar-refractivity contribution in [1.29, 1.82) is 0 Å². The molecule has 2 heterocycles. The predicted octanol–water partition coefficient (Wildman–Crippen LogP) is -0.753. The van der Waals surface area contributed by atoms with Crippen LogP contribution in [-0.4, -0.2) is 69.6 Å². The molecule has 0 aromatic carbocycles. The van der Waals surface area contributed by atoms with Crippen molar-refractivity contribution in [3.63, 3.8) is 0 Å². The first-order valence-electron chi connectivity index (χ1n) is 6.20. The largest absolute Gasteiger partial charge is 0.378 e. The molecule has 0 radical (unpaired) electrons. The molecule has 1 unspecified atom stereocenters. The van der Waals surface area contributed by atoms with Crippen molar-refractivity contribution in [3.05, 3.63) is 0 Å². The maximum absolute atomic E-state index is 12.0. The van der Waals surface area contributed by atoms with Crippen molar-refractivity contribution in [2.24, 2.45) is 0 Å². The fourth-order valence-corrected chi connectivity index (χ4v) is 3.59. The molecule has 0 aromatic rings. The van der Waals surface area contributed by atoms with E-state index in [1.54, 1.807) is 4.31 Å². The summed E-state index contributed by atoms with van der Waals surface area (Å²) in [6, 6.07) is 0.218. The van der Waals surface area contributed by atoms with E-state index in [0.29, 0.717) is 26.2 Å². The number of morpholine rings is 1. The first-order chi connectivity index (χ1) is 8.13. The number of nitrogens with one attached hydrogen (secondary N) is 1. The Morgan fingerprint density at radius 1 is 1.35 bits per heavy atom. The van der Waals surface area contributed by atoms with Crippen molar-refractivity contribution < 1.29 is 13.2 Å². The van der Waals surface area contributed by atoms with E-state index in [4.69, 9.17) is 4.74 Å². The van der Waals surface area contributed by atoms with E-state index >= 15 is 0 Å². The molecule has 2 aliphatic heterocycles. The number of hydrogen-bond acceptors (Lipinski definition) is 4. The maximum Gasteiger partial charge on any atom is 0.279 e. The van der Waals surface area contributed by atoms with Gasteiger partial charge in [0.1, 0.15) is 0 Å². The van der Waals surface area contributed by atoms with Crippen LogP contribution in [0.4, 0.5) is 0 Å². The zero-order chi connectivity index (χ0) is 12.3. The molecule has 0 amide bonds. The quantitative estimate of drug-likeness (QED) is 0.725. The van der Waals surface area contributed by atoms with E-state index in [9.17, 15) is 8.42 Å². The van der Waals surface area contributed by atoms with Gasteiger partial charge in [-0.2, -0.15) is 12.7 Å². The molecule has 2 fully saturated rings. The Kier molecular flexibility index (Phi) is 4.37. The topological polar surface area (TPSA) is 61.9 Å². The lowest BCUT2D eigenvalue weighted by atomic mass is 10.2. The summed E-state index contributed by atoms with van der Waals surface area (Å²) in [5.74, 6) is 0. The minimum absolute atomic E-state index is 0.218. The minimum atomic E-state index is -3.29. The van der Waals surface area contributed by atoms with Gasteiger partial charge in [0, 0.05) is 38.8 Å². The van der Waals surface area contributed by atoms with Crippen LogP contribution in [0.15, 0.2) is 0 Å².